The molecule has 3 fully saturated rings. The first-order valence-corrected chi connectivity index (χ1v) is 9.56. The van der Waals surface area contributed by atoms with Gasteiger partial charge in [-0.15, -0.1) is 11.8 Å². The smallest absolute Gasteiger partial charge is 0.330 e. The Hall–Kier alpha value is -2.02. The van der Waals surface area contributed by atoms with E-state index in [-0.39, 0.29) is 24.5 Å². The molecule has 2 aliphatic heterocycles. The zero-order chi connectivity index (χ0) is 17.4. The fourth-order valence-corrected chi connectivity index (χ4v) is 5.18. The fourth-order valence-electron chi connectivity index (χ4n) is 3.55. The zero-order valence-electron chi connectivity index (χ0n) is 13.8. The van der Waals surface area contributed by atoms with Crippen LogP contribution < -0.4 is 5.32 Å². The highest BCUT2D eigenvalue weighted by molar-refractivity contribution is 8.00. The number of fused-ring (bicyclic) bond motifs is 1. The molecule has 2 atom stereocenters. The molecule has 6 nitrogen and oxygen atoms in total. The van der Waals surface area contributed by atoms with Crippen molar-refractivity contribution in [3.63, 3.8) is 0 Å². The maximum Gasteiger partial charge on any atom is 0.330 e. The molecular formula is C18H20N2O4S. The summed E-state index contributed by atoms with van der Waals surface area (Å²) in [6, 6.07) is 9.42. The second-order valence-corrected chi connectivity index (χ2v) is 7.99. The van der Waals surface area contributed by atoms with E-state index in [0.717, 1.165) is 18.4 Å². The van der Waals surface area contributed by atoms with Gasteiger partial charge in [-0.05, 0) is 24.8 Å². The molecule has 2 heterocycles. The molecule has 1 aromatic carbocycles. The average molecular weight is 360 g/mol. The molecule has 1 N–H and O–H groups in total. The Labute approximate surface area is 150 Å². The summed E-state index contributed by atoms with van der Waals surface area (Å²) in [5, 5.41) is 2.79. The lowest BCUT2D eigenvalue weighted by molar-refractivity contribution is -0.156. The van der Waals surface area contributed by atoms with Crippen molar-refractivity contribution in [2.75, 3.05) is 12.4 Å². The van der Waals surface area contributed by atoms with Crippen molar-refractivity contribution >= 4 is 29.5 Å². The van der Waals surface area contributed by atoms with Gasteiger partial charge in [0.25, 0.3) is 5.91 Å². The number of esters is 1. The third-order valence-corrected chi connectivity index (χ3v) is 6.51. The maximum atomic E-state index is 12.5. The van der Waals surface area contributed by atoms with E-state index in [1.165, 1.54) is 0 Å². The summed E-state index contributed by atoms with van der Waals surface area (Å²) in [6.45, 7) is -0.281. The molecule has 0 radical (unpaired) electrons. The summed E-state index contributed by atoms with van der Waals surface area (Å²) in [5.74, 6) is -0.308. The highest BCUT2D eigenvalue weighted by Gasteiger charge is 2.57. The Morgan fingerprint density at radius 3 is 2.76 bits per heavy atom. The van der Waals surface area contributed by atoms with Gasteiger partial charge >= 0.3 is 5.97 Å². The van der Waals surface area contributed by atoms with Gasteiger partial charge in [0, 0.05) is 18.2 Å². The minimum Gasteiger partial charge on any atom is -0.454 e. The standard InChI is InChI=1S/C18H20N2O4S/c21-15(19-13-6-7-13)10-24-17(23)14-11-25-18(9-8-16(22)20(14)18)12-4-2-1-3-5-12/h1-5,13-14H,6-11H2,(H,19,21)/t14-,18+/m0/s1. The number of rotatable bonds is 5. The van der Waals surface area contributed by atoms with Crippen LogP contribution >= 0.6 is 11.8 Å². The van der Waals surface area contributed by atoms with Crippen LogP contribution in [0.4, 0.5) is 0 Å². The fraction of sp³-hybridized carbons (Fsp3) is 0.500. The topological polar surface area (TPSA) is 75.7 Å². The largest absolute Gasteiger partial charge is 0.454 e. The molecule has 1 saturated carbocycles. The van der Waals surface area contributed by atoms with E-state index in [2.05, 4.69) is 5.32 Å². The molecule has 2 amide bonds. The Balaban J connectivity index is 1.46. The number of nitrogens with one attached hydrogen (secondary N) is 1. The first-order valence-electron chi connectivity index (χ1n) is 8.58. The Morgan fingerprint density at radius 1 is 1.28 bits per heavy atom. The second kappa shape index (κ2) is 6.37. The van der Waals surface area contributed by atoms with Gasteiger partial charge in [-0.2, -0.15) is 0 Å². The third-order valence-electron chi connectivity index (χ3n) is 4.91. The minimum atomic E-state index is -0.631. The molecular weight excluding hydrogens is 340 g/mol. The van der Waals surface area contributed by atoms with E-state index >= 15 is 0 Å². The summed E-state index contributed by atoms with van der Waals surface area (Å²) in [4.78, 5) is 37.9. The molecule has 132 valence electrons. The molecule has 3 aliphatic rings. The van der Waals surface area contributed by atoms with Crippen molar-refractivity contribution in [3.05, 3.63) is 35.9 Å². The molecule has 0 unspecified atom stereocenters. The minimum absolute atomic E-state index is 0.0294. The monoisotopic (exact) mass is 360 g/mol. The molecule has 0 spiro atoms. The second-order valence-electron chi connectivity index (χ2n) is 6.69. The molecule has 2 saturated heterocycles. The molecule has 0 bridgehead atoms. The molecule has 1 aliphatic carbocycles. The molecule has 0 aromatic heterocycles. The van der Waals surface area contributed by atoms with Crippen molar-refractivity contribution < 1.29 is 19.1 Å². The predicted octanol–water partition coefficient (Wildman–Crippen LogP) is 1.40. The number of thioether (sulfide) groups is 1. The predicted molar refractivity (Wildman–Crippen MR) is 92.6 cm³/mol. The van der Waals surface area contributed by atoms with Gasteiger partial charge in [0.2, 0.25) is 5.91 Å². The van der Waals surface area contributed by atoms with Gasteiger partial charge in [-0.3, -0.25) is 9.59 Å². The molecule has 4 rings (SSSR count). The first kappa shape index (κ1) is 16.4. The van der Waals surface area contributed by atoms with Crippen LogP contribution in [-0.4, -0.2) is 47.1 Å². The maximum absolute atomic E-state index is 12.5. The van der Waals surface area contributed by atoms with E-state index < -0.39 is 16.9 Å². The Kier molecular flexibility index (Phi) is 4.19. The number of nitrogens with zero attached hydrogens (tertiary/aromatic N) is 1. The highest BCUT2D eigenvalue weighted by atomic mass is 32.2. The summed E-state index contributed by atoms with van der Waals surface area (Å²) in [5.41, 5.74) is 1.03. The normalized spacial score (nSPS) is 27.9. The van der Waals surface area contributed by atoms with Gasteiger partial charge in [0.05, 0.1) is 0 Å². The van der Waals surface area contributed by atoms with Gasteiger partial charge < -0.3 is 15.0 Å². The van der Waals surface area contributed by atoms with Crippen LogP contribution in [-0.2, 0) is 24.0 Å². The number of carbonyl (C=O) groups excluding carboxylic acids is 3. The van der Waals surface area contributed by atoms with E-state index in [1.807, 2.05) is 30.3 Å². The van der Waals surface area contributed by atoms with Gasteiger partial charge in [-0.25, -0.2) is 4.79 Å². The number of hydrogen-bond donors (Lipinski definition) is 1. The molecule has 7 heteroatoms. The SMILES string of the molecule is O=C(COC(=O)[C@@H]1CS[C@@]2(c3ccccc3)CCC(=O)N12)NC1CC1. The number of hydrogen-bond acceptors (Lipinski definition) is 5. The van der Waals surface area contributed by atoms with Crippen LogP contribution in [0.3, 0.4) is 0 Å². The number of benzene rings is 1. The summed E-state index contributed by atoms with van der Waals surface area (Å²) in [6.07, 6.45) is 3.09. The summed E-state index contributed by atoms with van der Waals surface area (Å²) in [7, 11) is 0. The van der Waals surface area contributed by atoms with Crippen LogP contribution in [0.25, 0.3) is 0 Å². The zero-order valence-corrected chi connectivity index (χ0v) is 14.6. The van der Waals surface area contributed by atoms with Crippen molar-refractivity contribution in [1.82, 2.24) is 10.2 Å². The number of carbonyl (C=O) groups is 3. The van der Waals surface area contributed by atoms with Crippen LogP contribution in [0, 0.1) is 0 Å². The van der Waals surface area contributed by atoms with E-state index in [9.17, 15) is 14.4 Å². The van der Waals surface area contributed by atoms with Crippen molar-refractivity contribution in [1.29, 1.82) is 0 Å². The van der Waals surface area contributed by atoms with Gasteiger partial charge in [0.1, 0.15) is 10.9 Å². The van der Waals surface area contributed by atoms with E-state index in [0.29, 0.717) is 18.6 Å². The van der Waals surface area contributed by atoms with E-state index in [1.54, 1.807) is 16.7 Å². The lowest BCUT2D eigenvalue weighted by Crippen LogP contribution is -2.47. The van der Waals surface area contributed by atoms with E-state index in [4.69, 9.17) is 4.74 Å². The first-order chi connectivity index (χ1) is 12.1. The van der Waals surface area contributed by atoms with Crippen molar-refractivity contribution in [2.24, 2.45) is 0 Å². The lowest BCUT2D eigenvalue weighted by atomic mass is 10.0. The van der Waals surface area contributed by atoms with Crippen LogP contribution in [0.1, 0.15) is 31.2 Å². The molecule has 1 aromatic rings. The van der Waals surface area contributed by atoms with Gasteiger partial charge in [0.15, 0.2) is 6.61 Å². The van der Waals surface area contributed by atoms with Crippen LogP contribution in [0.5, 0.6) is 0 Å². The number of amides is 2. The highest BCUT2D eigenvalue weighted by Crippen LogP contribution is 2.54. The van der Waals surface area contributed by atoms with Gasteiger partial charge in [-0.1, -0.05) is 30.3 Å². The lowest BCUT2D eigenvalue weighted by Gasteiger charge is -2.33. The Morgan fingerprint density at radius 2 is 2.04 bits per heavy atom. The third kappa shape index (κ3) is 3.01. The average Bonchev–Trinajstić information content (AvgIpc) is 3.25. The van der Waals surface area contributed by atoms with Crippen LogP contribution in [0.15, 0.2) is 30.3 Å². The quantitative estimate of drug-likeness (QED) is 0.804. The number of ether oxygens (including phenoxy) is 1. The van der Waals surface area contributed by atoms with Crippen LogP contribution in [0.2, 0.25) is 0 Å². The Bertz CT molecular complexity index is 706. The van der Waals surface area contributed by atoms with Crippen molar-refractivity contribution in [3.8, 4) is 0 Å². The van der Waals surface area contributed by atoms with Crippen molar-refractivity contribution in [2.45, 2.75) is 42.6 Å². The summed E-state index contributed by atoms with van der Waals surface area (Å²) >= 11 is 1.61. The molecule has 25 heavy (non-hydrogen) atoms. The summed E-state index contributed by atoms with van der Waals surface area (Å²) < 4.78 is 5.20.